The molecule has 1 unspecified atom stereocenters. The highest BCUT2D eigenvalue weighted by Gasteiger charge is 2.18. The Hall–Kier alpha value is -0.530. The molecule has 0 aromatic heterocycles. The minimum absolute atomic E-state index is 0.000173. The summed E-state index contributed by atoms with van der Waals surface area (Å²) in [5, 5.41) is 0. The molecule has 0 saturated carbocycles. The number of unbranched alkanes of at least 4 members (excludes halogenated alkanes) is 10. The normalized spacial score (nSPS) is 19.1. The topological polar surface area (TPSA) is 26.3 Å². The number of carbonyl (C=O) groups is 1. The van der Waals surface area contributed by atoms with Crippen molar-refractivity contribution in [2.24, 2.45) is 5.92 Å². The van der Waals surface area contributed by atoms with Crippen molar-refractivity contribution in [3.05, 3.63) is 0 Å². The number of rotatable bonds is 12. The highest BCUT2D eigenvalue weighted by molar-refractivity contribution is 5.69. The first-order valence-electron chi connectivity index (χ1n) is 8.98. The molecule has 1 aliphatic heterocycles. The van der Waals surface area contributed by atoms with Gasteiger partial charge in [0.05, 0.1) is 6.61 Å². The van der Waals surface area contributed by atoms with E-state index in [9.17, 15) is 4.79 Å². The van der Waals surface area contributed by atoms with Crippen molar-refractivity contribution in [2.75, 3.05) is 6.61 Å². The van der Waals surface area contributed by atoms with Crippen LogP contribution in [0.3, 0.4) is 0 Å². The maximum Gasteiger partial charge on any atom is 0.305 e. The van der Waals surface area contributed by atoms with E-state index in [2.05, 4.69) is 6.92 Å². The third-order valence-corrected chi connectivity index (χ3v) is 4.45. The molecular weight excluding hydrogens is 248 g/mol. The van der Waals surface area contributed by atoms with Crippen molar-refractivity contribution in [1.82, 2.24) is 0 Å². The summed E-state index contributed by atoms with van der Waals surface area (Å²) >= 11 is 0. The van der Waals surface area contributed by atoms with Gasteiger partial charge in [0.25, 0.3) is 0 Å². The molecule has 0 aromatic carbocycles. The van der Waals surface area contributed by atoms with E-state index in [4.69, 9.17) is 4.74 Å². The smallest absolute Gasteiger partial charge is 0.305 e. The Kier molecular flexibility index (Phi) is 10.7. The molecule has 2 nitrogen and oxygen atoms in total. The van der Waals surface area contributed by atoms with Gasteiger partial charge in [-0.05, 0) is 18.8 Å². The summed E-state index contributed by atoms with van der Waals surface area (Å²) in [5.41, 5.74) is 0. The van der Waals surface area contributed by atoms with E-state index in [-0.39, 0.29) is 5.97 Å². The Morgan fingerprint density at radius 1 is 0.900 bits per heavy atom. The summed E-state index contributed by atoms with van der Waals surface area (Å²) in [5.74, 6) is 0.645. The van der Waals surface area contributed by atoms with E-state index in [0.29, 0.717) is 18.9 Å². The van der Waals surface area contributed by atoms with Crippen LogP contribution in [-0.2, 0) is 9.53 Å². The van der Waals surface area contributed by atoms with Crippen molar-refractivity contribution in [3.63, 3.8) is 0 Å². The third-order valence-electron chi connectivity index (χ3n) is 4.45. The van der Waals surface area contributed by atoms with Crippen molar-refractivity contribution >= 4 is 5.97 Å². The Bertz CT molecular complexity index is 228. The quantitative estimate of drug-likeness (QED) is 0.342. The van der Waals surface area contributed by atoms with E-state index < -0.39 is 0 Å². The maximum atomic E-state index is 10.9. The molecule has 1 saturated heterocycles. The van der Waals surface area contributed by atoms with Gasteiger partial charge in [-0.3, -0.25) is 4.79 Å². The van der Waals surface area contributed by atoms with Crippen LogP contribution in [0.1, 0.15) is 96.8 Å². The number of cyclic esters (lactones) is 1. The molecule has 20 heavy (non-hydrogen) atoms. The van der Waals surface area contributed by atoms with Gasteiger partial charge in [-0.15, -0.1) is 0 Å². The number of carbonyl (C=O) groups excluding carboxylic acids is 1. The van der Waals surface area contributed by atoms with Gasteiger partial charge in [0.2, 0.25) is 0 Å². The van der Waals surface area contributed by atoms with Crippen molar-refractivity contribution in [2.45, 2.75) is 96.8 Å². The largest absolute Gasteiger partial charge is 0.465 e. The van der Waals surface area contributed by atoms with Crippen molar-refractivity contribution < 1.29 is 9.53 Å². The molecule has 0 amide bonds. The Labute approximate surface area is 125 Å². The molecule has 0 aromatic rings. The SMILES string of the molecule is CCCCCCCCCCCCCC1CCC(=O)OC1. The molecule has 0 aliphatic carbocycles. The average molecular weight is 282 g/mol. The summed E-state index contributed by atoms with van der Waals surface area (Å²) in [6.07, 6.45) is 18.4. The maximum absolute atomic E-state index is 10.9. The van der Waals surface area contributed by atoms with E-state index in [0.717, 1.165) is 6.42 Å². The van der Waals surface area contributed by atoms with Crippen LogP contribution in [0.4, 0.5) is 0 Å². The van der Waals surface area contributed by atoms with Gasteiger partial charge in [0.15, 0.2) is 0 Å². The first kappa shape index (κ1) is 17.5. The fourth-order valence-electron chi connectivity index (χ4n) is 3.01. The van der Waals surface area contributed by atoms with Crippen molar-refractivity contribution in [3.8, 4) is 0 Å². The fourth-order valence-corrected chi connectivity index (χ4v) is 3.01. The molecule has 0 radical (unpaired) electrons. The molecule has 2 heteroatoms. The predicted octanol–water partition coefficient (Wildman–Crippen LogP) is 5.64. The zero-order valence-corrected chi connectivity index (χ0v) is 13.5. The van der Waals surface area contributed by atoms with Crippen LogP contribution in [0, 0.1) is 5.92 Å². The van der Waals surface area contributed by atoms with E-state index in [1.54, 1.807) is 0 Å². The molecule has 1 atom stereocenters. The van der Waals surface area contributed by atoms with Gasteiger partial charge in [-0.1, -0.05) is 77.6 Å². The van der Waals surface area contributed by atoms with Gasteiger partial charge in [-0.2, -0.15) is 0 Å². The first-order valence-corrected chi connectivity index (χ1v) is 8.98. The van der Waals surface area contributed by atoms with Crippen LogP contribution in [0.25, 0.3) is 0 Å². The Morgan fingerprint density at radius 3 is 1.95 bits per heavy atom. The number of hydrogen-bond acceptors (Lipinski definition) is 2. The highest BCUT2D eigenvalue weighted by atomic mass is 16.5. The molecule has 1 rings (SSSR count). The second-order valence-corrected chi connectivity index (χ2v) is 6.41. The molecule has 0 spiro atoms. The summed E-state index contributed by atoms with van der Waals surface area (Å²) in [6.45, 7) is 2.95. The second-order valence-electron chi connectivity index (χ2n) is 6.41. The Morgan fingerprint density at radius 2 is 1.45 bits per heavy atom. The highest BCUT2D eigenvalue weighted by Crippen LogP contribution is 2.21. The van der Waals surface area contributed by atoms with Gasteiger partial charge in [0, 0.05) is 6.42 Å². The summed E-state index contributed by atoms with van der Waals surface area (Å²) in [4.78, 5) is 10.9. The minimum Gasteiger partial charge on any atom is -0.465 e. The first-order chi connectivity index (χ1) is 9.83. The second kappa shape index (κ2) is 12.2. The number of esters is 1. The molecule has 1 aliphatic rings. The lowest BCUT2D eigenvalue weighted by atomic mass is 9.95. The molecule has 0 bridgehead atoms. The van der Waals surface area contributed by atoms with Gasteiger partial charge >= 0.3 is 5.97 Å². The van der Waals surface area contributed by atoms with Gasteiger partial charge in [-0.25, -0.2) is 0 Å². The zero-order valence-electron chi connectivity index (χ0n) is 13.5. The van der Waals surface area contributed by atoms with E-state index in [1.165, 1.54) is 77.0 Å². The number of hydrogen-bond donors (Lipinski definition) is 0. The van der Waals surface area contributed by atoms with Crippen LogP contribution < -0.4 is 0 Å². The zero-order chi connectivity index (χ0) is 14.5. The molecule has 118 valence electrons. The van der Waals surface area contributed by atoms with E-state index >= 15 is 0 Å². The van der Waals surface area contributed by atoms with Crippen LogP contribution >= 0.6 is 0 Å². The predicted molar refractivity (Wildman–Crippen MR) is 84.8 cm³/mol. The van der Waals surface area contributed by atoms with Crippen LogP contribution in [0.15, 0.2) is 0 Å². The summed E-state index contributed by atoms with van der Waals surface area (Å²) in [7, 11) is 0. The minimum atomic E-state index is 0.000173. The fraction of sp³-hybridized carbons (Fsp3) is 0.944. The Balaban J connectivity index is 1.75. The van der Waals surface area contributed by atoms with Crippen molar-refractivity contribution in [1.29, 1.82) is 0 Å². The van der Waals surface area contributed by atoms with Crippen LogP contribution in [-0.4, -0.2) is 12.6 Å². The molecule has 0 N–H and O–H groups in total. The lowest BCUT2D eigenvalue weighted by Crippen LogP contribution is -2.21. The lowest BCUT2D eigenvalue weighted by molar-refractivity contribution is -0.149. The summed E-state index contributed by atoms with van der Waals surface area (Å²) in [6, 6.07) is 0. The van der Waals surface area contributed by atoms with Crippen LogP contribution in [0.5, 0.6) is 0 Å². The lowest BCUT2D eigenvalue weighted by Gasteiger charge is -2.21. The molecule has 1 fully saturated rings. The standard InChI is InChI=1S/C18H34O2/c1-2-3-4-5-6-7-8-9-10-11-12-13-17-14-15-18(19)20-16-17/h17H,2-16H2,1H3. The van der Waals surface area contributed by atoms with Crippen LogP contribution in [0.2, 0.25) is 0 Å². The van der Waals surface area contributed by atoms with E-state index in [1.807, 2.05) is 0 Å². The third kappa shape index (κ3) is 9.39. The van der Waals surface area contributed by atoms with Gasteiger partial charge in [0.1, 0.15) is 0 Å². The summed E-state index contributed by atoms with van der Waals surface area (Å²) < 4.78 is 5.10. The molecule has 1 heterocycles. The number of ether oxygens (including phenoxy) is 1. The average Bonchev–Trinajstić information content (AvgIpc) is 2.47. The molecular formula is C18H34O2. The van der Waals surface area contributed by atoms with Gasteiger partial charge < -0.3 is 4.74 Å². The monoisotopic (exact) mass is 282 g/mol.